The summed E-state index contributed by atoms with van der Waals surface area (Å²) in [6.45, 7) is 8.30. The van der Waals surface area contributed by atoms with E-state index in [0.29, 0.717) is 21.7 Å². The van der Waals surface area contributed by atoms with Gasteiger partial charge in [-0.2, -0.15) is 0 Å². The van der Waals surface area contributed by atoms with Crippen LogP contribution in [-0.4, -0.2) is 22.7 Å². The Bertz CT molecular complexity index is 1650. The van der Waals surface area contributed by atoms with E-state index in [9.17, 15) is 9.59 Å². The van der Waals surface area contributed by atoms with Crippen molar-refractivity contribution in [3.63, 3.8) is 0 Å². The Labute approximate surface area is 205 Å². The van der Waals surface area contributed by atoms with Gasteiger partial charge in [-0.05, 0) is 61.2 Å². The van der Waals surface area contributed by atoms with E-state index >= 15 is 0 Å². The van der Waals surface area contributed by atoms with Crippen molar-refractivity contribution in [2.24, 2.45) is 0 Å². The monoisotopic (exact) mass is 467 g/mol. The summed E-state index contributed by atoms with van der Waals surface area (Å²) >= 11 is 0. The first-order valence-electron chi connectivity index (χ1n) is 12.9. The molecule has 2 aromatic heterocycles. The molecule has 0 fully saturated rings. The minimum Gasteiger partial charge on any atom is -0.354 e. The van der Waals surface area contributed by atoms with Crippen LogP contribution in [0.5, 0.6) is 0 Å². The third-order valence-corrected chi connectivity index (χ3v) is 7.06. The summed E-state index contributed by atoms with van der Waals surface area (Å²) in [6, 6.07) is 17.6. The van der Waals surface area contributed by atoms with Crippen molar-refractivity contribution in [3.8, 4) is 0 Å². The topological polar surface area (TPSA) is 58.1 Å². The van der Waals surface area contributed by atoms with Crippen LogP contribution < -0.4 is 15.9 Å². The zero-order valence-corrected chi connectivity index (χ0v) is 20.9. The molecule has 0 aliphatic rings. The van der Waals surface area contributed by atoms with Crippen molar-refractivity contribution in [3.05, 3.63) is 80.6 Å². The Kier molecular flexibility index (Phi) is 6.33. The smallest absolute Gasteiger partial charge is 0.197 e. The van der Waals surface area contributed by atoms with Crippen LogP contribution in [0.25, 0.3) is 43.6 Å². The zero-order chi connectivity index (χ0) is 24.5. The summed E-state index contributed by atoms with van der Waals surface area (Å²) in [5.74, 6) is 0. The highest BCUT2D eigenvalue weighted by molar-refractivity contribution is 6.03. The van der Waals surface area contributed by atoms with Crippen LogP contribution >= 0.6 is 0 Å². The second-order valence-corrected chi connectivity index (χ2v) is 9.42. The van der Waals surface area contributed by atoms with Crippen LogP contribution in [-0.2, 0) is 6.42 Å². The molecule has 0 bridgehead atoms. The number of hydrogen-bond acceptors (Lipinski definition) is 3. The average Bonchev–Trinajstić information content (AvgIpc) is 2.89. The maximum atomic E-state index is 13.8. The molecular weight excluding hydrogens is 434 g/mol. The van der Waals surface area contributed by atoms with Crippen LogP contribution in [0.15, 0.2) is 64.2 Å². The van der Waals surface area contributed by atoms with E-state index in [1.807, 2.05) is 42.5 Å². The molecule has 1 N–H and O–H groups in total. The second-order valence-electron chi connectivity index (χ2n) is 9.42. The molecule has 5 rings (SSSR count). The second kappa shape index (κ2) is 9.57. The third-order valence-electron chi connectivity index (χ3n) is 7.06. The van der Waals surface area contributed by atoms with Crippen LogP contribution in [0, 0.1) is 0 Å². The van der Waals surface area contributed by atoms with Gasteiger partial charge in [0, 0.05) is 34.8 Å². The number of aryl methyl sites for hydroxylation is 1. The standard InChI is InChI=1S/C30H33N3O2/c1-4-7-15-32(16-8-5-2)33-27-14-13-20(6-3)17-23(27)30(35)24-18-26-22(19-28(24)33)29(34)21-11-9-10-12-25(21)31-26/h9-14,17-19H,4-8,15-16H2,1-3H3,(H,31,34). The molecule has 35 heavy (non-hydrogen) atoms. The number of benzene rings is 3. The van der Waals surface area contributed by atoms with Gasteiger partial charge in [-0.3, -0.25) is 14.3 Å². The molecule has 0 radical (unpaired) electrons. The largest absolute Gasteiger partial charge is 0.354 e. The lowest BCUT2D eigenvalue weighted by Crippen LogP contribution is -2.38. The fourth-order valence-electron chi connectivity index (χ4n) is 5.06. The number of nitrogens with one attached hydrogen (secondary N) is 1. The lowest BCUT2D eigenvalue weighted by atomic mass is 10.0. The first kappa shape index (κ1) is 23.2. The summed E-state index contributed by atoms with van der Waals surface area (Å²) in [6.07, 6.45) is 5.18. The van der Waals surface area contributed by atoms with Crippen molar-refractivity contribution < 1.29 is 0 Å². The molecule has 0 saturated heterocycles. The summed E-state index contributed by atoms with van der Waals surface area (Å²) in [7, 11) is 0. The summed E-state index contributed by atoms with van der Waals surface area (Å²) in [4.78, 5) is 30.7. The van der Waals surface area contributed by atoms with Gasteiger partial charge in [0.2, 0.25) is 0 Å². The average molecular weight is 468 g/mol. The highest BCUT2D eigenvalue weighted by Gasteiger charge is 2.18. The quantitative estimate of drug-likeness (QED) is 0.274. The predicted octanol–water partition coefficient (Wildman–Crippen LogP) is 6.25. The van der Waals surface area contributed by atoms with Crippen LogP contribution in [0.4, 0.5) is 0 Å². The first-order chi connectivity index (χ1) is 17.1. The maximum absolute atomic E-state index is 13.8. The van der Waals surface area contributed by atoms with Crippen molar-refractivity contribution in [2.45, 2.75) is 52.9 Å². The van der Waals surface area contributed by atoms with E-state index in [4.69, 9.17) is 0 Å². The van der Waals surface area contributed by atoms with Crippen LogP contribution in [0.2, 0.25) is 0 Å². The number of aromatic amines is 1. The molecule has 2 heterocycles. The third kappa shape index (κ3) is 3.99. The minimum atomic E-state index is -0.00894. The van der Waals surface area contributed by atoms with Gasteiger partial charge < -0.3 is 9.99 Å². The van der Waals surface area contributed by atoms with E-state index in [1.54, 1.807) is 0 Å². The van der Waals surface area contributed by atoms with E-state index in [2.05, 4.69) is 47.6 Å². The van der Waals surface area contributed by atoms with Gasteiger partial charge in [0.15, 0.2) is 10.9 Å². The lowest BCUT2D eigenvalue weighted by Gasteiger charge is -2.31. The molecule has 5 heteroatoms. The minimum absolute atomic E-state index is 0.00894. The number of aromatic nitrogens is 2. The van der Waals surface area contributed by atoms with E-state index < -0.39 is 0 Å². The molecule has 0 atom stereocenters. The number of pyridine rings is 2. The van der Waals surface area contributed by atoms with Gasteiger partial charge in [-0.1, -0.05) is 51.8 Å². The Morgan fingerprint density at radius 3 is 2.11 bits per heavy atom. The molecule has 5 nitrogen and oxygen atoms in total. The molecule has 0 unspecified atom stereocenters. The van der Waals surface area contributed by atoms with Gasteiger partial charge >= 0.3 is 0 Å². The number of nitrogens with zero attached hydrogens (tertiary/aromatic N) is 2. The van der Waals surface area contributed by atoms with Gasteiger partial charge in [0.25, 0.3) is 0 Å². The zero-order valence-electron chi connectivity index (χ0n) is 20.9. The Hall–Kier alpha value is -3.60. The number of rotatable bonds is 8. The van der Waals surface area contributed by atoms with Crippen molar-refractivity contribution in [1.29, 1.82) is 0 Å². The summed E-state index contributed by atoms with van der Waals surface area (Å²) in [5, 5.41) is 5.01. The van der Waals surface area contributed by atoms with Crippen LogP contribution in [0.1, 0.15) is 52.0 Å². The molecule has 3 aromatic carbocycles. The number of hydrogen-bond donors (Lipinski definition) is 1. The number of unbranched alkanes of at least 4 members (excludes halogenated alkanes) is 2. The predicted molar refractivity (Wildman–Crippen MR) is 148 cm³/mol. The van der Waals surface area contributed by atoms with E-state index in [-0.39, 0.29) is 10.9 Å². The molecule has 180 valence electrons. The fourth-order valence-corrected chi connectivity index (χ4v) is 5.06. The highest BCUT2D eigenvalue weighted by atomic mass is 16.1. The van der Waals surface area contributed by atoms with Gasteiger partial charge in [-0.15, -0.1) is 0 Å². The molecule has 0 aliphatic carbocycles. The number of fused-ring (bicyclic) bond motifs is 4. The number of H-pyrrole nitrogens is 1. The first-order valence-corrected chi connectivity index (χ1v) is 12.9. The Balaban J connectivity index is 1.93. The van der Waals surface area contributed by atoms with Gasteiger partial charge in [0.05, 0.1) is 21.9 Å². The summed E-state index contributed by atoms with van der Waals surface area (Å²) in [5.41, 5.74) is 4.34. The molecule has 0 saturated carbocycles. The molecular formula is C30H33N3O2. The van der Waals surface area contributed by atoms with Crippen molar-refractivity contribution >= 4 is 43.6 Å². The number of para-hydroxylation sites is 1. The Morgan fingerprint density at radius 1 is 0.714 bits per heavy atom. The van der Waals surface area contributed by atoms with Crippen molar-refractivity contribution in [2.75, 3.05) is 18.1 Å². The van der Waals surface area contributed by atoms with Gasteiger partial charge in [0.1, 0.15) is 0 Å². The normalized spacial score (nSPS) is 11.7. The van der Waals surface area contributed by atoms with Crippen molar-refractivity contribution in [1.82, 2.24) is 9.66 Å². The molecule has 0 amide bonds. The maximum Gasteiger partial charge on any atom is 0.197 e. The Morgan fingerprint density at radius 2 is 1.40 bits per heavy atom. The van der Waals surface area contributed by atoms with E-state index in [0.717, 1.165) is 72.7 Å². The molecule has 5 aromatic rings. The molecule has 0 aliphatic heterocycles. The van der Waals surface area contributed by atoms with Crippen LogP contribution in [0.3, 0.4) is 0 Å². The lowest BCUT2D eigenvalue weighted by molar-refractivity contribution is 0.564. The SMILES string of the molecule is CCCCN(CCCC)n1c2ccc(CC)cc2c(=O)c2cc3[nH]c4ccccc4c(=O)c3cc21. The highest BCUT2D eigenvalue weighted by Crippen LogP contribution is 2.26. The van der Waals surface area contributed by atoms with E-state index in [1.165, 1.54) is 0 Å². The van der Waals surface area contributed by atoms with Gasteiger partial charge in [-0.25, -0.2) is 0 Å². The fraction of sp³-hybridized carbons (Fsp3) is 0.333. The summed E-state index contributed by atoms with van der Waals surface area (Å²) < 4.78 is 2.21. The molecule has 0 spiro atoms.